The Hall–Kier alpha value is -2.14. The number of aromatic nitrogens is 2. The van der Waals surface area contributed by atoms with Gasteiger partial charge >= 0.3 is 0 Å². The van der Waals surface area contributed by atoms with Crippen LogP contribution in [0.5, 0.6) is 0 Å². The number of amides is 1. The Morgan fingerprint density at radius 2 is 2.00 bits per heavy atom. The van der Waals surface area contributed by atoms with Gasteiger partial charge in [-0.1, -0.05) is 24.3 Å². The molecule has 1 aliphatic rings. The van der Waals surface area contributed by atoms with Crippen molar-refractivity contribution in [1.29, 1.82) is 0 Å². The third kappa shape index (κ3) is 3.54. The highest BCUT2D eigenvalue weighted by molar-refractivity contribution is 5.76. The van der Waals surface area contributed by atoms with Gasteiger partial charge < -0.3 is 5.32 Å². The molecule has 2 aromatic rings. The number of carbonyl (C=O) groups excluding carboxylic acids is 1. The molecule has 1 fully saturated rings. The highest BCUT2D eigenvalue weighted by atomic mass is 16.1. The quantitative estimate of drug-likeness (QED) is 0.933. The molecule has 1 aliphatic heterocycles. The first-order chi connectivity index (χ1) is 10.7. The zero-order valence-electron chi connectivity index (χ0n) is 12.9. The summed E-state index contributed by atoms with van der Waals surface area (Å²) in [6, 6.07) is 10.8. The Balaban J connectivity index is 1.75. The molecule has 116 valence electrons. The SMILES string of the molecule is CC1CNC(=O)CCN1Cc1ccccc1Cn1cccn1. The van der Waals surface area contributed by atoms with Crippen molar-refractivity contribution in [2.75, 3.05) is 13.1 Å². The average molecular weight is 298 g/mol. The van der Waals surface area contributed by atoms with Gasteiger partial charge in [0.25, 0.3) is 0 Å². The molecule has 0 radical (unpaired) electrons. The number of benzene rings is 1. The summed E-state index contributed by atoms with van der Waals surface area (Å²) in [5, 5.41) is 7.25. The minimum Gasteiger partial charge on any atom is -0.355 e. The molecule has 5 heteroatoms. The molecule has 22 heavy (non-hydrogen) atoms. The molecule has 0 bridgehead atoms. The van der Waals surface area contributed by atoms with Gasteiger partial charge in [0, 0.05) is 44.5 Å². The van der Waals surface area contributed by atoms with E-state index in [1.54, 1.807) is 6.20 Å². The van der Waals surface area contributed by atoms with Gasteiger partial charge in [0.15, 0.2) is 0 Å². The smallest absolute Gasteiger partial charge is 0.221 e. The van der Waals surface area contributed by atoms with Crippen LogP contribution < -0.4 is 5.32 Å². The zero-order chi connectivity index (χ0) is 15.4. The molecule has 5 nitrogen and oxygen atoms in total. The van der Waals surface area contributed by atoms with Crippen molar-refractivity contribution in [2.24, 2.45) is 0 Å². The van der Waals surface area contributed by atoms with E-state index in [0.717, 1.165) is 26.2 Å². The van der Waals surface area contributed by atoms with Crippen LogP contribution in [0, 0.1) is 0 Å². The minimum absolute atomic E-state index is 0.152. The van der Waals surface area contributed by atoms with Crippen molar-refractivity contribution in [3.8, 4) is 0 Å². The molecule has 1 saturated heterocycles. The van der Waals surface area contributed by atoms with Gasteiger partial charge in [0.05, 0.1) is 6.54 Å². The predicted molar refractivity (Wildman–Crippen MR) is 85.3 cm³/mol. The molecular formula is C17H22N4O. The molecule has 1 N–H and O–H groups in total. The van der Waals surface area contributed by atoms with Crippen LogP contribution in [-0.4, -0.2) is 39.7 Å². The fraction of sp³-hybridized carbons (Fsp3) is 0.412. The van der Waals surface area contributed by atoms with Crippen molar-refractivity contribution in [3.63, 3.8) is 0 Å². The summed E-state index contributed by atoms with van der Waals surface area (Å²) >= 11 is 0. The van der Waals surface area contributed by atoms with E-state index in [1.807, 2.05) is 16.9 Å². The normalized spacial score (nSPS) is 19.7. The molecule has 2 heterocycles. The summed E-state index contributed by atoms with van der Waals surface area (Å²) in [5.41, 5.74) is 2.58. The lowest BCUT2D eigenvalue weighted by atomic mass is 10.1. The molecular weight excluding hydrogens is 276 g/mol. The second-order valence-corrected chi connectivity index (χ2v) is 5.85. The minimum atomic E-state index is 0.152. The van der Waals surface area contributed by atoms with E-state index >= 15 is 0 Å². The highest BCUT2D eigenvalue weighted by Crippen LogP contribution is 2.16. The standard InChI is InChI=1S/C17H22N4O/c1-14-11-18-17(22)7-10-20(14)12-15-5-2-3-6-16(15)13-21-9-4-8-19-21/h2-6,8-9,14H,7,10-13H2,1H3,(H,18,22). The topological polar surface area (TPSA) is 50.2 Å². The van der Waals surface area contributed by atoms with Crippen molar-refractivity contribution in [1.82, 2.24) is 20.0 Å². The molecule has 0 saturated carbocycles. The summed E-state index contributed by atoms with van der Waals surface area (Å²) in [4.78, 5) is 13.9. The fourth-order valence-corrected chi connectivity index (χ4v) is 2.83. The molecule has 1 atom stereocenters. The van der Waals surface area contributed by atoms with Crippen LogP contribution in [0.15, 0.2) is 42.7 Å². The molecule has 0 aliphatic carbocycles. The third-order valence-electron chi connectivity index (χ3n) is 4.23. The van der Waals surface area contributed by atoms with Gasteiger partial charge in [0.2, 0.25) is 5.91 Å². The van der Waals surface area contributed by atoms with Crippen LogP contribution in [-0.2, 0) is 17.9 Å². The second kappa shape index (κ2) is 6.75. The Bertz CT molecular complexity index is 623. The zero-order valence-corrected chi connectivity index (χ0v) is 12.9. The van der Waals surface area contributed by atoms with Crippen LogP contribution in [0.1, 0.15) is 24.5 Å². The van der Waals surface area contributed by atoms with Gasteiger partial charge in [-0.15, -0.1) is 0 Å². The summed E-state index contributed by atoms with van der Waals surface area (Å²) < 4.78 is 1.94. The molecule has 1 unspecified atom stereocenters. The molecule has 1 aromatic carbocycles. The maximum absolute atomic E-state index is 11.6. The van der Waals surface area contributed by atoms with Gasteiger partial charge in [-0.05, 0) is 24.1 Å². The molecule has 1 amide bonds. The Morgan fingerprint density at radius 1 is 1.23 bits per heavy atom. The van der Waals surface area contributed by atoms with Crippen LogP contribution >= 0.6 is 0 Å². The molecule has 3 rings (SSSR count). The van der Waals surface area contributed by atoms with E-state index in [0.29, 0.717) is 12.5 Å². The number of carbonyl (C=O) groups is 1. The summed E-state index contributed by atoms with van der Waals surface area (Å²) in [6.45, 7) is 5.35. The van der Waals surface area contributed by atoms with E-state index < -0.39 is 0 Å². The van der Waals surface area contributed by atoms with Gasteiger partial charge in [-0.2, -0.15) is 5.10 Å². The summed E-state index contributed by atoms with van der Waals surface area (Å²) in [7, 11) is 0. The van der Waals surface area contributed by atoms with Gasteiger partial charge in [-0.25, -0.2) is 0 Å². The Kier molecular flexibility index (Phi) is 4.53. The molecule has 1 aromatic heterocycles. The van der Waals surface area contributed by atoms with E-state index in [1.165, 1.54) is 11.1 Å². The first-order valence-electron chi connectivity index (χ1n) is 7.77. The van der Waals surface area contributed by atoms with Gasteiger partial charge in [0.1, 0.15) is 0 Å². The monoisotopic (exact) mass is 298 g/mol. The highest BCUT2D eigenvalue weighted by Gasteiger charge is 2.20. The van der Waals surface area contributed by atoms with Crippen LogP contribution in [0.25, 0.3) is 0 Å². The lowest BCUT2D eigenvalue weighted by molar-refractivity contribution is -0.120. The van der Waals surface area contributed by atoms with E-state index in [9.17, 15) is 4.79 Å². The van der Waals surface area contributed by atoms with E-state index in [2.05, 4.69) is 46.5 Å². The van der Waals surface area contributed by atoms with Crippen molar-refractivity contribution >= 4 is 5.91 Å². The summed E-state index contributed by atoms with van der Waals surface area (Å²) in [5.74, 6) is 0.152. The lowest BCUT2D eigenvalue weighted by Crippen LogP contribution is -2.37. The largest absolute Gasteiger partial charge is 0.355 e. The predicted octanol–water partition coefficient (Wildman–Crippen LogP) is 1.64. The van der Waals surface area contributed by atoms with Crippen molar-refractivity contribution in [2.45, 2.75) is 32.5 Å². The number of hydrogen-bond acceptors (Lipinski definition) is 3. The van der Waals surface area contributed by atoms with E-state index in [-0.39, 0.29) is 5.91 Å². The fourth-order valence-electron chi connectivity index (χ4n) is 2.83. The Labute approximate surface area is 130 Å². The number of nitrogens with zero attached hydrogens (tertiary/aromatic N) is 3. The van der Waals surface area contributed by atoms with Gasteiger partial charge in [-0.3, -0.25) is 14.4 Å². The first-order valence-corrected chi connectivity index (χ1v) is 7.77. The average Bonchev–Trinajstić information content (AvgIpc) is 2.98. The van der Waals surface area contributed by atoms with E-state index in [4.69, 9.17) is 0 Å². The van der Waals surface area contributed by atoms with Crippen molar-refractivity contribution < 1.29 is 4.79 Å². The van der Waals surface area contributed by atoms with Crippen LogP contribution in [0.2, 0.25) is 0 Å². The maximum atomic E-state index is 11.6. The number of rotatable bonds is 4. The third-order valence-corrected chi connectivity index (χ3v) is 4.23. The number of hydrogen-bond donors (Lipinski definition) is 1. The second-order valence-electron chi connectivity index (χ2n) is 5.85. The van der Waals surface area contributed by atoms with Crippen LogP contribution in [0.3, 0.4) is 0 Å². The maximum Gasteiger partial charge on any atom is 0.221 e. The lowest BCUT2D eigenvalue weighted by Gasteiger charge is -2.27. The Morgan fingerprint density at radius 3 is 2.73 bits per heavy atom. The number of nitrogens with one attached hydrogen (secondary N) is 1. The summed E-state index contributed by atoms with van der Waals surface area (Å²) in [6.07, 6.45) is 4.36. The van der Waals surface area contributed by atoms with Crippen LogP contribution in [0.4, 0.5) is 0 Å². The first kappa shape index (κ1) is 14.8. The van der Waals surface area contributed by atoms with Crippen molar-refractivity contribution in [3.05, 3.63) is 53.9 Å². The molecule has 0 spiro atoms.